The van der Waals surface area contributed by atoms with Crippen molar-refractivity contribution < 1.29 is 30.4 Å². The van der Waals surface area contributed by atoms with Crippen LogP contribution in [0.25, 0.3) is 0 Å². The average molecular weight is 273 g/mol. The minimum Gasteiger partial charge on any atom is -0.258 e. The molecule has 0 fully saturated rings. The fourth-order valence-corrected chi connectivity index (χ4v) is 1.54. The summed E-state index contributed by atoms with van der Waals surface area (Å²) in [5.74, 6) is 0. The third kappa shape index (κ3) is 2.90. The van der Waals surface area contributed by atoms with Gasteiger partial charge in [-0.1, -0.05) is 0 Å². The van der Waals surface area contributed by atoms with Gasteiger partial charge in [-0.15, -0.1) is 3.89 Å². The molecule has 0 unspecified atom stereocenters. The Bertz CT molecular complexity index is 566. The highest BCUT2D eigenvalue weighted by Gasteiger charge is 2.39. The molecule has 10 heteroatoms. The molecule has 0 aliphatic rings. The number of alkyl halides is 3. The molecule has 0 N–H and O–H groups in total. The molecule has 94 valence electrons. The predicted molar refractivity (Wildman–Crippen MR) is 46.4 cm³/mol. The molecule has 0 radical (unpaired) electrons. The van der Waals surface area contributed by atoms with Gasteiger partial charge in [0, 0.05) is 6.07 Å². The van der Waals surface area contributed by atoms with Crippen molar-refractivity contribution in [1.29, 1.82) is 0 Å². The van der Waals surface area contributed by atoms with Gasteiger partial charge in [0.15, 0.2) is 0 Å². The van der Waals surface area contributed by atoms with Crippen LogP contribution in [-0.4, -0.2) is 13.3 Å². The second-order valence-electron chi connectivity index (χ2n) is 2.87. The number of hydrogen-bond acceptors (Lipinski definition) is 4. The molecule has 0 saturated carbocycles. The normalized spacial score (nSPS) is 12.5. The van der Waals surface area contributed by atoms with Crippen LogP contribution in [0.1, 0.15) is 5.56 Å². The van der Waals surface area contributed by atoms with Crippen molar-refractivity contribution in [1.82, 2.24) is 0 Å². The number of nitro groups is 1. The minimum absolute atomic E-state index is 0.118. The van der Waals surface area contributed by atoms with Crippen LogP contribution in [0.5, 0.6) is 0 Å². The van der Waals surface area contributed by atoms with Gasteiger partial charge in [0.1, 0.15) is 5.56 Å². The Morgan fingerprint density at radius 1 is 1.24 bits per heavy atom. The molecule has 0 saturated heterocycles. The van der Waals surface area contributed by atoms with E-state index in [-0.39, 0.29) is 12.1 Å². The van der Waals surface area contributed by atoms with Crippen LogP contribution in [0, 0.1) is 10.1 Å². The van der Waals surface area contributed by atoms with Gasteiger partial charge in [-0.25, -0.2) is 0 Å². The maximum absolute atomic E-state index is 12.5. The second-order valence-corrected chi connectivity index (χ2v) is 4.22. The third-order valence-corrected chi connectivity index (χ3v) is 2.57. The quantitative estimate of drug-likeness (QED) is 0.358. The molecule has 17 heavy (non-hydrogen) atoms. The van der Waals surface area contributed by atoms with E-state index in [4.69, 9.17) is 0 Å². The van der Waals surface area contributed by atoms with Gasteiger partial charge < -0.3 is 0 Å². The summed E-state index contributed by atoms with van der Waals surface area (Å²) >= 11 is 0. The molecule has 0 aliphatic heterocycles. The number of halogens is 4. The molecule has 0 heterocycles. The molecule has 0 aromatic heterocycles. The summed E-state index contributed by atoms with van der Waals surface area (Å²) in [7, 11) is -5.35. The largest absolute Gasteiger partial charge is 0.423 e. The Morgan fingerprint density at radius 2 is 1.76 bits per heavy atom. The Kier molecular flexibility index (Phi) is 3.10. The first kappa shape index (κ1) is 13.4. The van der Waals surface area contributed by atoms with Gasteiger partial charge in [-0.05, 0) is 12.1 Å². The molecular formula is C7H3F4NO4S. The molecule has 0 amide bonds. The van der Waals surface area contributed by atoms with Crippen LogP contribution in [0.4, 0.5) is 22.7 Å². The van der Waals surface area contributed by atoms with Crippen LogP contribution in [0.15, 0.2) is 23.1 Å². The van der Waals surface area contributed by atoms with Crippen molar-refractivity contribution in [2.45, 2.75) is 11.1 Å². The molecule has 0 atom stereocenters. The SMILES string of the molecule is O=[N+]([O-])c1ccc(S(=O)(=O)F)cc1C(F)(F)F. The van der Waals surface area contributed by atoms with E-state index < -0.39 is 37.5 Å². The fraction of sp³-hybridized carbons (Fsp3) is 0.143. The van der Waals surface area contributed by atoms with E-state index in [1.54, 1.807) is 0 Å². The zero-order valence-electron chi connectivity index (χ0n) is 7.73. The van der Waals surface area contributed by atoms with Gasteiger partial charge in [-0.3, -0.25) is 10.1 Å². The zero-order valence-corrected chi connectivity index (χ0v) is 8.55. The minimum atomic E-state index is -5.35. The van der Waals surface area contributed by atoms with Crippen molar-refractivity contribution in [2.24, 2.45) is 0 Å². The Balaban J connectivity index is 3.57. The van der Waals surface area contributed by atoms with Crippen LogP contribution in [0.2, 0.25) is 0 Å². The molecule has 0 aliphatic carbocycles. The van der Waals surface area contributed by atoms with Crippen LogP contribution in [-0.2, 0) is 16.4 Å². The third-order valence-electron chi connectivity index (χ3n) is 1.75. The standard InChI is InChI=1S/C7H3F4NO4S/c8-7(9,10)5-3-4(17(11,15)16)1-2-6(5)12(13)14/h1-3H. The van der Waals surface area contributed by atoms with E-state index in [9.17, 15) is 35.6 Å². The van der Waals surface area contributed by atoms with Crippen LogP contribution >= 0.6 is 0 Å². The molecule has 1 aromatic rings. The van der Waals surface area contributed by atoms with E-state index >= 15 is 0 Å². The smallest absolute Gasteiger partial charge is 0.258 e. The molecule has 1 rings (SSSR count). The first-order valence-electron chi connectivity index (χ1n) is 3.84. The highest BCUT2D eigenvalue weighted by molar-refractivity contribution is 7.86. The van der Waals surface area contributed by atoms with Gasteiger partial charge in [0.2, 0.25) is 0 Å². The van der Waals surface area contributed by atoms with E-state index in [0.717, 1.165) is 0 Å². The number of benzene rings is 1. The Hall–Kier alpha value is -1.71. The predicted octanol–water partition coefficient (Wildman–Crippen LogP) is 2.27. The first-order valence-corrected chi connectivity index (χ1v) is 5.22. The van der Waals surface area contributed by atoms with Gasteiger partial charge >= 0.3 is 16.4 Å². The molecule has 0 bridgehead atoms. The summed E-state index contributed by atoms with van der Waals surface area (Å²) in [6, 6.07) is 0.561. The van der Waals surface area contributed by atoms with Crippen LogP contribution in [0.3, 0.4) is 0 Å². The first-order chi connectivity index (χ1) is 7.53. The summed E-state index contributed by atoms with van der Waals surface area (Å²) in [5.41, 5.74) is -3.16. The lowest BCUT2D eigenvalue weighted by Gasteiger charge is -2.07. The summed E-state index contributed by atoms with van der Waals surface area (Å²) in [5, 5.41) is 10.3. The lowest BCUT2D eigenvalue weighted by atomic mass is 10.2. The Morgan fingerprint density at radius 3 is 2.12 bits per heavy atom. The summed E-state index contributed by atoms with van der Waals surface area (Å²) in [6.07, 6.45) is -5.15. The maximum Gasteiger partial charge on any atom is 0.423 e. The van der Waals surface area contributed by atoms with E-state index in [0.29, 0.717) is 6.07 Å². The van der Waals surface area contributed by atoms with E-state index in [1.807, 2.05) is 0 Å². The van der Waals surface area contributed by atoms with Crippen LogP contribution < -0.4 is 0 Å². The fourth-order valence-electron chi connectivity index (χ4n) is 1.05. The lowest BCUT2D eigenvalue weighted by molar-refractivity contribution is -0.388. The van der Waals surface area contributed by atoms with Gasteiger partial charge in [0.05, 0.1) is 9.82 Å². The highest BCUT2D eigenvalue weighted by atomic mass is 32.3. The summed E-state index contributed by atoms with van der Waals surface area (Å²) < 4.78 is 70.3. The maximum atomic E-state index is 12.5. The van der Waals surface area contributed by atoms with E-state index in [1.165, 1.54) is 0 Å². The second kappa shape index (κ2) is 3.95. The monoisotopic (exact) mass is 273 g/mol. The zero-order chi connectivity index (χ0) is 13.4. The summed E-state index contributed by atoms with van der Waals surface area (Å²) in [6.45, 7) is 0. The van der Waals surface area contributed by atoms with Gasteiger partial charge in [-0.2, -0.15) is 21.6 Å². The summed E-state index contributed by atoms with van der Waals surface area (Å²) in [4.78, 5) is 7.67. The van der Waals surface area contributed by atoms with Crippen molar-refractivity contribution in [2.75, 3.05) is 0 Å². The van der Waals surface area contributed by atoms with E-state index in [2.05, 4.69) is 0 Å². The average Bonchev–Trinajstić information content (AvgIpc) is 2.14. The molecular weight excluding hydrogens is 270 g/mol. The molecule has 0 spiro atoms. The van der Waals surface area contributed by atoms with Crippen molar-refractivity contribution in [3.05, 3.63) is 33.9 Å². The van der Waals surface area contributed by atoms with Crippen molar-refractivity contribution >= 4 is 15.9 Å². The molecule has 1 aromatic carbocycles. The number of hydrogen-bond donors (Lipinski definition) is 0. The van der Waals surface area contributed by atoms with Crippen molar-refractivity contribution in [3.63, 3.8) is 0 Å². The van der Waals surface area contributed by atoms with Gasteiger partial charge in [0.25, 0.3) is 5.69 Å². The number of nitro benzene ring substituents is 1. The Labute approximate surface area is 92.0 Å². The molecule has 5 nitrogen and oxygen atoms in total. The highest BCUT2D eigenvalue weighted by Crippen LogP contribution is 2.37. The van der Waals surface area contributed by atoms with Crippen molar-refractivity contribution in [3.8, 4) is 0 Å². The lowest BCUT2D eigenvalue weighted by Crippen LogP contribution is -2.10. The number of rotatable bonds is 2. The number of nitrogens with zero attached hydrogens (tertiary/aromatic N) is 1. The topological polar surface area (TPSA) is 77.3 Å².